The van der Waals surface area contributed by atoms with Crippen LogP contribution in [0.25, 0.3) is 21.5 Å². The second kappa shape index (κ2) is 11.1. The van der Waals surface area contributed by atoms with E-state index in [-0.39, 0.29) is 27.5 Å². The normalized spacial score (nSPS) is 13.0. The number of nitrogens with two attached hydrogens (primary N) is 1. The zero-order valence-corrected chi connectivity index (χ0v) is 24.8. The predicted molar refractivity (Wildman–Crippen MR) is 161 cm³/mol. The summed E-state index contributed by atoms with van der Waals surface area (Å²) in [6.07, 6.45) is 0. The molecular formula is C27H21N5O9S3. The minimum atomic E-state index is -4.90. The summed E-state index contributed by atoms with van der Waals surface area (Å²) in [4.78, 5) is -1.78. The molecule has 0 fully saturated rings. The molecule has 226 valence electrons. The first-order valence-corrected chi connectivity index (χ1v) is 16.6. The smallest absolute Gasteiger partial charge is 0.295 e. The van der Waals surface area contributed by atoms with Crippen LogP contribution >= 0.6 is 0 Å². The van der Waals surface area contributed by atoms with Gasteiger partial charge in [0.1, 0.15) is 9.79 Å². The maximum Gasteiger partial charge on any atom is 0.295 e. The molecule has 0 heterocycles. The lowest BCUT2D eigenvalue weighted by atomic mass is 10.1. The molecule has 0 saturated heterocycles. The predicted octanol–water partition coefficient (Wildman–Crippen LogP) is 6.45. The minimum absolute atomic E-state index is 0.0460. The number of benzene rings is 5. The van der Waals surface area contributed by atoms with Crippen molar-refractivity contribution in [2.75, 3.05) is 5.73 Å². The van der Waals surface area contributed by atoms with Crippen LogP contribution in [0, 0.1) is 6.92 Å². The second-order valence-electron chi connectivity index (χ2n) is 9.48. The monoisotopic (exact) mass is 655 g/mol. The van der Waals surface area contributed by atoms with Crippen molar-refractivity contribution in [1.82, 2.24) is 0 Å². The van der Waals surface area contributed by atoms with E-state index < -0.39 is 45.0 Å². The van der Waals surface area contributed by atoms with Gasteiger partial charge in [0.2, 0.25) is 0 Å². The Kier molecular flexibility index (Phi) is 7.79. The third kappa shape index (κ3) is 6.32. The molecule has 5 N–H and O–H groups in total. The second-order valence-corrected chi connectivity index (χ2v) is 13.7. The molecular weight excluding hydrogens is 635 g/mol. The molecule has 0 aliphatic heterocycles. The molecule has 0 saturated carbocycles. The Morgan fingerprint density at radius 2 is 1.16 bits per heavy atom. The topological polar surface area (TPSA) is 239 Å². The van der Waals surface area contributed by atoms with E-state index in [2.05, 4.69) is 20.5 Å². The van der Waals surface area contributed by atoms with Gasteiger partial charge in [-0.2, -0.15) is 35.5 Å². The molecule has 5 rings (SSSR count). The molecule has 0 radical (unpaired) electrons. The van der Waals surface area contributed by atoms with Gasteiger partial charge in [0.15, 0.2) is 0 Å². The quantitative estimate of drug-likeness (QED) is 0.0848. The van der Waals surface area contributed by atoms with Crippen LogP contribution in [-0.4, -0.2) is 38.9 Å². The van der Waals surface area contributed by atoms with E-state index >= 15 is 0 Å². The van der Waals surface area contributed by atoms with Crippen LogP contribution in [0.3, 0.4) is 0 Å². The number of nitrogen functional groups attached to an aromatic ring is 1. The minimum Gasteiger partial charge on any atom is -0.399 e. The highest BCUT2D eigenvalue weighted by molar-refractivity contribution is 7.86. The van der Waals surface area contributed by atoms with Crippen LogP contribution in [0.4, 0.5) is 28.4 Å². The van der Waals surface area contributed by atoms with E-state index in [1.165, 1.54) is 30.3 Å². The number of rotatable bonds is 7. The number of fused-ring (bicyclic) bond motifs is 2. The van der Waals surface area contributed by atoms with Gasteiger partial charge in [-0.3, -0.25) is 13.7 Å². The molecule has 5 aromatic carbocycles. The fourth-order valence-electron chi connectivity index (χ4n) is 4.45. The zero-order valence-electron chi connectivity index (χ0n) is 22.4. The van der Waals surface area contributed by atoms with Gasteiger partial charge in [-0.25, -0.2) is 0 Å². The maximum absolute atomic E-state index is 12.1. The summed E-state index contributed by atoms with van der Waals surface area (Å²) in [5, 5.41) is 16.7. The highest BCUT2D eigenvalue weighted by atomic mass is 32.2. The Hall–Kier alpha value is -4.65. The number of hydrogen-bond acceptors (Lipinski definition) is 11. The number of azo groups is 2. The molecule has 14 nitrogen and oxygen atoms in total. The molecule has 0 aliphatic rings. The van der Waals surface area contributed by atoms with Crippen LogP contribution in [-0.2, 0) is 30.4 Å². The Labute approximate surface area is 250 Å². The molecule has 0 atom stereocenters. The van der Waals surface area contributed by atoms with Crippen molar-refractivity contribution in [3.63, 3.8) is 0 Å². The first-order valence-electron chi connectivity index (χ1n) is 12.3. The van der Waals surface area contributed by atoms with Gasteiger partial charge in [0, 0.05) is 27.2 Å². The van der Waals surface area contributed by atoms with Crippen LogP contribution in [0.5, 0.6) is 0 Å². The number of aryl methyl sites for hydroxylation is 1. The van der Waals surface area contributed by atoms with Gasteiger partial charge < -0.3 is 5.73 Å². The van der Waals surface area contributed by atoms with Crippen LogP contribution in [0.2, 0.25) is 0 Å². The van der Waals surface area contributed by atoms with E-state index in [4.69, 9.17) is 5.73 Å². The third-order valence-corrected chi connectivity index (χ3v) is 9.11. The van der Waals surface area contributed by atoms with Gasteiger partial charge in [-0.05, 0) is 73.2 Å². The zero-order chi connectivity index (χ0) is 32.0. The highest BCUT2D eigenvalue weighted by Gasteiger charge is 2.21. The molecule has 0 aromatic heterocycles. The lowest BCUT2D eigenvalue weighted by Gasteiger charge is -2.09. The maximum atomic E-state index is 12.1. The number of hydrogen-bond donors (Lipinski definition) is 4. The molecule has 44 heavy (non-hydrogen) atoms. The molecule has 0 aliphatic carbocycles. The summed E-state index contributed by atoms with van der Waals surface area (Å²) in [6.45, 7) is 1.80. The average Bonchev–Trinajstić information content (AvgIpc) is 2.93. The van der Waals surface area contributed by atoms with Crippen molar-refractivity contribution in [3.05, 3.63) is 84.4 Å². The van der Waals surface area contributed by atoms with E-state index in [0.717, 1.165) is 35.9 Å². The van der Waals surface area contributed by atoms with E-state index in [0.29, 0.717) is 22.4 Å². The fraction of sp³-hybridized carbons (Fsp3) is 0.0370. The molecule has 0 bridgehead atoms. The van der Waals surface area contributed by atoms with E-state index in [1.807, 2.05) is 0 Å². The van der Waals surface area contributed by atoms with Crippen molar-refractivity contribution in [2.45, 2.75) is 21.6 Å². The van der Waals surface area contributed by atoms with E-state index in [1.54, 1.807) is 25.1 Å². The summed E-state index contributed by atoms with van der Waals surface area (Å²) in [5.41, 5.74) is 7.73. The summed E-state index contributed by atoms with van der Waals surface area (Å²) in [6, 6.07) is 17.2. The molecule has 0 unspecified atom stereocenters. The summed E-state index contributed by atoms with van der Waals surface area (Å²) < 4.78 is 101. The molecule has 0 amide bonds. The Morgan fingerprint density at radius 3 is 1.80 bits per heavy atom. The van der Waals surface area contributed by atoms with Gasteiger partial charge in [-0.1, -0.05) is 18.2 Å². The first-order chi connectivity index (χ1) is 20.5. The standard InChI is InChI=1S/C27H21N5O9S3/c1-15-11-16(28)5-8-23(15)30-32-24-9-10-25(21-14-18(42(33,34)35)6-7-19(21)24)31-29-17-12-22-20(27(13-17)44(39,40)41)3-2-4-26(22)43(36,37)38/h2-14H,28H2,1H3,(H,33,34,35)(H,36,37,38)(H,39,40,41). The lowest BCUT2D eigenvalue weighted by molar-refractivity contribution is 0.481. The Bertz CT molecular complexity index is 2390. The van der Waals surface area contributed by atoms with Crippen molar-refractivity contribution >= 4 is 80.3 Å². The number of anilines is 1. The molecule has 5 aromatic rings. The molecule has 17 heteroatoms. The van der Waals surface area contributed by atoms with E-state index in [9.17, 15) is 38.9 Å². The van der Waals surface area contributed by atoms with Crippen molar-refractivity contribution in [2.24, 2.45) is 20.5 Å². The SMILES string of the molecule is Cc1cc(N)ccc1N=Nc1ccc(N=Nc2cc(S(=O)(=O)O)c3cccc(S(=O)(=O)O)c3c2)c2cc(S(=O)(=O)O)ccc12. The van der Waals surface area contributed by atoms with Crippen LogP contribution in [0.15, 0.2) is 114 Å². The van der Waals surface area contributed by atoms with Gasteiger partial charge >= 0.3 is 0 Å². The highest BCUT2D eigenvalue weighted by Crippen LogP contribution is 2.38. The van der Waals surface area contributed by atoms with Gasteiger partial charge in [0.05, 0.1) is 27.6 Å². The van der Waals surface area contributed by atoms with Gasteiger partial charge in [0.25, 0.3) is 30.4 Å². The Balaban J connectivity index is 1.69. The molecule has 0 spiro atoms. The van der Waals surface area contributed by atoms with Crippen molar-refractivity contribution in [3.8, 4) is 0 Å². The third-order valence-electron chi connectivity index (χ3n) is 6.46. The Morgan fingerprint density at radius 1 is 0.545 bits per heavy atom. The fourth-order valence-corrected chi connectivity index (χ4v) is 6.38. The summed E-state index contributed by atoms with van der Waals surface area (Å²) >= 11 is 0. The lowest BCUT2D eigenvalue weighted by Crippen LogP contribution is -2.03. The van der Waals surface area contributed by atoms with Crippen LogP contribution < -0.4 is 5.73 Å². The van der Waals surface area contributed by atoms with Gasteiger partial charge in [-0.15, -0.1) is 10.2 Å². The average molecular weight is 656 g/mol. The van der Waals surface area contributed by atoms with Crippen molar-refractivity contribution < 1.29 is 38.9 Å². The first kappa shape index (κ1) is 30.8. The number of nitrogens with zero attached hydrogens (tertiary/aromatic N) is 4. The van der Waals surface area contributed by atoms with Crippen molar-refractivity contribution in [1.29, 1.82) is 0 Å². The van der Waals surface area contributed by atoms with Crippen LogP contribution in [0.1, 0.15) is 5.56 Å². The summed E-state index contributed by atoms with van der Waals surface area (Å²) in [7, 11) is -14.3. The summed E-state index contributed by atoms with van der Waals surface area (Å²) in [5.74, 6) is 0. The largest absolute Gasteiger partial charge is 0.399 e.